The summed E-state index contributed by atoms with van der Waals surface area (Å²) in [6.45, 7) is 0. The van der Waals surface area contributed by atoms with Crippen molar-refractivity contribution in [1.82, 2.24) is 0 Å². The molecule has 2 rings (SSSR count). The van der Waals surface area contributed by atoms with E-state index in [0.717, 1.165) is 5.56 Å². The van der Waals surface area contributed by atoms with Crippen LogP contribution in [0, 0.1) is 17.1 Å². The number of halogens is 1. The molecule has 0 fully saturated rings. The molecule has 0 saturated heterocycles. The van der Waals surface area contributed by atoms with Gasteiger partial charge in [-0.05, 0) is 17.7 Å². The van der Waals surface area contributed by atoms with Crippen LogP contribution in [-0.4, -0.2) is 0 Å². The minimum absolute atomic E-state index is 0.266. The van der Waals surface area contributed by atoms with Crippen LogP contribution in [0.15, 0.2) is 48.5 Å². The van der Waals surface area contributed by atoms with Crippen LogP contribution in [0.4, 0.5) is 4.39 Å². The van der Waals surface area contributed by atoms with Crippen LogP contribution in [0.3, 0.4) is 0 Å². The Balaban J connectivity index is 2.33. The van der Waals surface area contributed by atoms with E-state index in [1.165, 1.54) is 6.07 Å². The van der Waals surface area contributed by atoms with E-state index < -0.39 is 0 Å². The summed E-state index contributed by atoms with van der Waals surface area (Å²) < 4.78 is 13.4. The predicted octanol–water partition coefficient (Wildman–Crippen LogP) is 3.87. The van der Waals surface area contributed by atoms with Gasteiger partial charge in [-0.2, -0.15) is 5.26 Å². The maximum atomic E-state index is 13.4. The summed E-state index contributed by atoms with van der Waals surface area (Å²) >= 11 is 0. The van der Waals surface area contributed by atoms with Gasteiger partial charge < -0.3 is 0 Å². The second kappa shape index (κ2) is 5.09. The largest absolute Gasteiger partial charge is 0.206 e. The van der Waals surface area contributed by atoms with E-state index in [2.05, 4.69) is 6.07 Å². The zero-order valence-corrected chi connectivity index (χ0v) is 9.10. The van der Waals surface area contributed by atoms with E-state index in [1.54, 1.807) is 42.5 Å². The quantitative estimate of drug-likeness (QED) is 0.709. The minimum atomic E-state index is -0.266. The van der Waals surface area contributed by atoms with Crippen molar-refractivity contribution in [3.8, 4) is 6.07 Å². The zero-order valence-electron chi connectivity index (χ0n) is 9.10. The lowest BCUT2D eigenvalue weighted by Crippen LogP contribution is -1.82. The van der Waals surface area contributed by atoms with Gasteiger partial charge in [0.2, 0.25) is 0 Å². The van der Waals surface area contributed by atoms with Gasteiger partial charge in [0.15, 0.2) is 0 Å². The summed E-state index contributed by atoms with van der Waals surface area (Å²) in [6.07, 6.45) is 3.42. The molecular weight excluding hydrogens is 213 g/mol. The topological polar surface area (TPSA) is 23.8 Å². The summed E-state index contributed by atoms with van der Waals surface area (Å²) in [5.41, 5.74) is 1.89. The standard InChI is InChI=1S/C15H10FN/c16-15-8-4-3-6-13(15)10-9-12-5-1-2-7-14(12)11-17/h1-10H/b10-9+. The molecule has 0 heterocycles. The van der Waals surface area contributed by atoms with Crippen LogP contribution < -0.4 is 0 Å². The molecule has 0 unspecified atom stereocenters. The molecule has 2 heteroatoms. The van der Waals surface area contributed by atoms with E-state index in [0.29, 0.717) is 11.1 Å². The number of benzene rings is 2. The average Bonchev–Trinajstić information content (AvgIpc) is 2.38. The first-order valence-electron chi connectivity index (χ1n) is 5.23. The van der Waals surface area contributed by atoms with Gasteiger partial charge in [-0.3, -0.25) is 0 Å². The minimum Gasteiger partial charge on any atom is -0.206 e. The Kier molecular flexibility index (Phi) is 3.32. The fraction of sp³-hybridized carbons (Fsp3) is 0. The van der Waals surface area contributed by atoms with Gasteiger partial charge in [-0.25, -0.2) is 4.39 Å². The first-order valence-corrected chi connectivity index (χ1v) is 5.23. The van der Waals surface area contributed by atoms with Crippen LogP contribution in [0.5, 0.6) is 0 Å². The highest BCUT2D eigenvalue weighted by molar-refractivity contribution is 5.72. The van der Waals surface area contributed by atoms with Gasteiger partial charge in [0.05, 0.1) is 11.6 Å². The summed E-state index contributed by atoms with van der Waals surface area (Å²) in [7, 11) is 0. The highest BCUT2D eigenvalue weighted by Gasteiger charge is 1.98. The van der Waals surface area contributed by atoms with Gasteiger partial charge in [-0.1, -0.05) is 48.6 Å². The van der Waals surface area contributed by atoms with Crippen molar-refractivity contribution < 1.29 is 4.39 Å². The Morgan fingerprint density at radius 2 is 1.47 bits per heavy atom. The van der Waals surface area contributed by atoms with Crippen molar-refractivity contribution in [2.24, 2.45) is 0 Å². The molecule has 2 aromatic carbocycles. The lowest BCUT2D eigenvalue weighted by molar-refractivity contribution is 0.625. The van der Waals surface area contributed by atoms with Crippen LogP contribution in [-0.2, 0) is 0 Å². The van der Waals surface area contributed by atoms with Crippen LogP contribution in [0.25, 0.3) is 12.2 Å². The molecule has 0 N–H and O–H groups in total. The zero-order chi connectivity index (χ0) is 12.1. The third-order valence-corrected chi connectivity index (χ3v) is 2.43. The SMILES string of the molecule is N#Cc1ccccc1/C=C/c1ccccc1F. The van der Waals surface area contributed by atoms with Crippen molar-refractivity contribution in [1.29, 1.82) is 5.26 Å². The first-order chi connectivity index (χ1) is 8.31. The molecule has 17 heavy (non-hydrogen) atoms. The van der Waals surface area contributed by atoms with Gasteiger partial charge in [0.1, 0.15) is 5.82 Å². The fourth-order valence-corrected chi connectivity index (χ4v) is 1.53. The predicted molar refractivity (Wildman–Crippen MR) is 66.5 cm³/mol. The molecule has 0 amide bonds. The maximum Gasteiger partial charge on any atom is 0.130 e. The highest BCUT2D eigenvalue weighted by Crippen LogP contribution is 2.14. The van der Waals surface area contributed by atoms with Gasteiger partial charge in [-0.15, -0.1) is 0 Å². The van der Waals surface area contributed by atoms with E-state index in [-0.39, 0.29) is 5.82 Å². The van der Waals surface area contributed by atoms with E-state index in [9.17, 15) is 4.39 Å². The normalized spacial score (nSPS) is 10.4. The van der Waals surface area contributed by atoms with Crippen molar-refractivity contribution in [2.75, 3.05) is 0 Å². The molecule has 0 radical (unpaired) electrons. The molecule has 0 spiro atoms. The smallest absolute Gasteiger partial charge is 0.130 e. The molecular formula is C15H10FN. The van der Waals surface area contributed by atoms with Gasteiger partial charge in [0.25, 0.3) is 0 Å². The maximum absolute atomic E-state index is 13.4. The third-order valence-electron chi connectivity index (χ3n) is 2.43. The Bertz CT molecular complexity index is 594. The molecule has 0 bridgehead atoms. The number of rotatable bonds is 2. The van der Waals surface area contributed by atoms with Crippen LogP contribution >= 0.6 is 0 Å². The average molecular weight is 223 g/mol. The molecule has 82 valence electrons. The van der Waals surface area contributed by atoms with Crippen molar-refractivity contribution in [3.63, 3.8) is 0 Å². The Hall–Kier alpha value is -2.40. The molecule has 1 nitrogen and oxygen atoms in total. The van der Waals surface area contributed by atoms with E-state index in [1.807, 2.05) is 12.1 Å². The lowest BCUT2D eigenvalue weighted by Gasteiger charge is -1.98. The number of hydrogen-bond acceptors (Lipinski definition) is 1. The van der Waals surface area contributed by atoms with Gasteiger partial charge >= 0.3 is 0 Å². The Morgan fingerprint density at radius 3 is 2.18 bits per heavy atom. The first kappa shape index (κ1) is 11.1. The Morgan fingerprint density at radius 1 is 0.882 bits per heavy atom. The summed E-state index contributed by atoms with van der Waals surface area (Å²) in [5, 5.41) is 8.91. The molecule has 0 saturated carbocycles. The second-order valence-electron chi connectivity index (χ2n) is 3.55. The second-order valence-corrected chi connectivity index (χ2v) is 3.55. The van der Waals surface area contributed by atoms with Crippen molar-refractivity contribution in [3.05, 3.63) is 71.0 Å². The molecule has 0 aliphatic carbocycles. The fourth-order valence-electron chi connectivity index (χ4n) is 1.53. The molecule has 0 aromatic heterocycles. The molecule has 0 aliphatic rings. The lowest BCUT2D eigenvalue weighted by atomic mass is 10.1. The molecule has 2 aromatic rings. The molecule has 0 atom stereocenters. The van der Waals surface area contributed by atoms with Crippen LogP contribution in [0.2, 0.25) is 0 Å². The number of nitriles is 1. The summed E-state index contributed by atoms with van der Waals surface area (Å²) in [5.74, 6) is -0.266. The number of nitrogens with zero attached hydrogens (tertiary/aromatic N) is 1. The van der Waals surface area contributed by atoms with Crippen molar-refractivity contribution in [2.45, 2.75) is 0 Å². The number of hydrogen-bond donors (Lipinski definition) is 0. The monoisotopic (exact) mass is 223 g/mol. The van der Waals surface area contributed by atoms with Crippen molar-refractivity contribution >= 4 is 12.2 Å². The third kappa shape index (κ3) is 2.59. The van der Waals surface area contributed by atoms with E-state index in [4.69, 9.17) is 5.26 Å². The van der Waals surface area contributed by atoms with E-state index >= 15 is 0 Å². The highest BCUT2D eigenvalue weighted by atomic mass is 19.1. The summed E-state index contributed by atoms with van der Waals surface area (Å²) in [4.78, 5) is 0. The van der Waals surface area contributed by atoms with Crippen LogP contribution in [0.1, 0.15) is 16.7 Å². The van der Waals surface area contributed by atoms with Gasteiger partial charge in [0, 0.05) is 5.56 Å². The Labute approximate surface area is 99.5 Å². The summed E-state index contributed by atoms with van der Waals surface area (Å²) in [6, 6.07) is 15.9. The molecule has 0 aliphatic heterocycles.